The summed E-state index contributed by atoms with van der Waals surface area (Å²) in [4.78, 5) is 4.74. The summed E-state index contributed by atoms with van der Waals surface area (Å²) in [6, 6.07) is 20.0. The number of nitrogens with zero attached hydrogens (tertiary/aromatic N) is 3. The van der Waals surface area contributed by atoms with E-state index in [0.29, 0.717) is 0 Å². The Balaban J connectivity index is 0. The molecule has 6 heteroatoms. The molecule has 0 radical (unpaired) electrons. The van der Waals surface area contributed by atoms with Crippen molar-refractivity contribution in [2.45, 2.75) is 65.6 Å². The van der Waals surface area contributed by atoms with Gasteiger partial charge in [-0.1, -0.05) is 65.6 Å². The monoisotopic (exact) mass is 477 g/mol. The normalized spacial score (nSPS) is 11.8. The fraction of sp³-hybridized carbons (Fsp3) is 0.476. The second kappa shape index (κ2) is 13.5. The summed E-state index contributed by atoms with van der Waals surface area (Å²) in [7, 11) is -2.99. The third-order valence-corrected chi connectivity index (χ3v) is 4.16. The van der Waals surface area contributed by atoms with Crippen molar-refractivity contribution >= 4 is 22.4 Å². The van der Waals surface area contributed by atoms with Crippen molar-refractivity contribution in [3.05, 3.63) is 71.0 Å². The number of hydrogen-bond acceptors (Lipinski definition) is 1. The summed E-state index contributed by atoms with van der Waals surface area (Å²) in [5.74, 6) is 0.742. The van der Waals surface area contributed by atoms with E-state index in [1.807, 2.05) is 60.7 Å². The summed E-state index contributed by atoms with van der Waals surface area (Å²) in [6.45, 7) is 19.5. The Hall–Kier alpha value is -0.713. The maximum Gasteiger partial charge on any atom is 0.00889 e. The van der Waals surface area contributed by atoms with E-state index in [4.69, 9.17) is 9.64 Å². The van der Waals surface area contributed by atoms with Gasteiger partial charge in [-0.2, -0.15) is 24.2 Å². The molecular formula is C21H37N3Si2Zr-8. The molecule has 156 valence electrons. The molecule has 0 aromatic heterocycles. The maximum absolute atomic E-state index is 4.74. The van der Waals surface area contributed by atoms with Gasteiger partial charge in [0.15, 0.2) is 0 Å². The Morgan fingerprint density at radius 3 is 1.44 bits per heavy atom. The van der Waals surface area contributed by atoms with Gasteiger partial charge in [0.1, 0.15) is 0 Å². The quantitative estimate of drug-likeness (QED) is 0.187. The minimum absolute atomic E-state index is 0. The molecular weight excluding hydrogens is 442 g/mol. The van der Waals surface area contributed by atoms with E-state index in [9.17, 15) is 0 Å². The van der Waals surface area contributed by atoms with Gasteiger partial charge in [-0.25, -0.2) is 12.1 Å². The van der Waals surface area contributed by atoms with Crippen LogP contribution in [0.5, 0.6) is 0 Å². The zero-order valence-electron chi connectivity index (χ0n) is 18.6. The summed E-state index contributed by atoms with van der Waals surface area (Å²) in [6.07, 6.45) is 0. The van der Waals surface area contributed by atoms with Crippen LogP contribution in [0.3, 0.4) is 0 Å². The van der Waals surface area contributed by atoms with E-state index in [2.05, 4.69) is 65.4 Å². The maximum atomic E-state index is 4.74. The van der Waals surface area contributed by atoms with Gasteiger partial charge >= 0.3 is 0 Å². The Kier molecular flexibility index (Phi) is 14.2. The van der Waals surface area contributed by atoms with E-state index in [-0.39, 0.29) is 31.7 Å². The van der Waals surface area contributed by atoms with Gasteiger partial charge in [0.2, 0.25) is 0 Å². The van der Waals surface area contributed by atoms with E-state index in [1.54, 1.807) is 0 Å². The van der Waals surface area contributed by atoms with Crippen molar-refractivity contribution in [2.75, 3.05) is 0 Å². The summed E-state index contributed by atoms with van der Waals surface area (Å²) < 4.78 is 4.74. The number of hydrogen-bond donors (Lipinski definition) is 0. The average molecular weight is 479 g/mol. The van der Waals surface area contributed by atoms with Crippen molar-refractivity contribution in [2.24, 2.45) is 4.66 Å². The van der Waals surface area contributed by atoms with Gasteiger partial charge < -0.3 is 45.3 Å². The van der Waals surface area contributed by atoms with Crippen molar-refractivity contribution in [3.63, 3.8) is 0 Å². The Morgan fingerprint density at radius 1 is 0.815 bits per heavy atom. The third-order valence-electron chi connectivity index (χ3n) is 2.42. The molecule has 0 heterocycles. The average Bonchev–Trinajstić information content (AvgIpc) is 3.12. The van der Waals surface area contributed by atoms with Gasteiger partial charge in [0, 0.05) is 42.7 Å². The van der Waals surface area contributed by atoms with E-state index in [0.717, 1.165) is 5.96 Å². The van der Waals surface area contributed by atoms with Crippen LogP contribution in [0.1, 0.15) is 20.8 Å². The van der Waals surface area contributed by atoms with Crippen LogP contribution in [-0.4, -0.2) is 28.0 Å². The third kappa shape index (κ3) is 23.2. The minimum Gasteiger partial charge on any atom is -0.748 e. The first-order chi connectivity index (χ1) is 11.8. The van der Waals surface area contributed by atoms with Crippen LogP contribution in [0.2, 0.25) is 39.3 Å². The molecule has 0 aliphatic heterocycles. The van der Waals surface area contributed by atoms with Crippen LogP contribution in [0.15, 0.2) is 65.3 Å². The van der Waals surface area contributed by atoms with Gasteiger partial charge in [0.05, 0.1) is 0 Å². The Bertz CT molecular complexity index is 494. The molecule has 0 aliphatic carbocycles. The largest absolute Gasteiger partial charge is 0.748 e. The van der Waals surface area contributed by atoms with Crippen LogP contribution in [-0.2, 0) is 26.2 Å². The van der Waals surface area contributed by atoms with E-state index < -0.39 is 16.5 Å². The molecule has 0 saturated carbocycles. The standard InChI is InChI=1S/C11H27N3Si2.2C5H5.Zr/c1-11(2,3)12-10(13-15(4,5)6)14-16(7,8)9;2*1-2-4-5-3-1;/h1-9H3;2*1-5H;/q-2;-5;-1;. The van der Waals surface area contributed by atoms with Crippen LogP contribution < -0.4 is 0 Å². The van der Waals surface area contributed by atoms with Crippen molar-refractivity contribution in [1.82, 2.24) is 0 Å². The Morgan fingerprint density at radius 2 is 1.22 bits per heavy atom. The first-order valence-corrected chi connectivity index (χ1v) is 16.1. The molecule has 0 atom stereocenters. The van der Waals surface area contributed by atoms with Crippen LogP contribution in [0, 0.1) is 0 Å². The summed E-state index contributed by atoms with van der Waals surface area (Å²) in [5.41, 5.74) is -0.0956. The molecule has 0 bridgehead atoms. The zero-order valence-corrected chi connectivity index (χ0v) is 23.1. The molecule has 0 saturated heterocycles. The molecule has 0 fully saturated rings. The first kappa shape index (κ1) is 28.5. The predicted octanol–water partition coefficient (Wildman–Crippen LogP) is 7.37. The molecule has 3 nitrogen and oxygen atoms in total. The first-order valence-electron chi connectivity index (χ1n) is 9.17. The van der Waals surface area contributed by atoms with Gasteiger partial charge in [-0.3, -0.25) is 0 Å². The molecule has 0 aliphatic rings. The molecule has 0 spiro atoms. The molecule has 2 rings (SSSR count). The predicted molar refractivity (Wildman–Crippen MR) is 125 cm³/mol. The smallest absolute Gasteiger partial charge is 0.00889 e. The van der Waals surface area contributed by atoms with Crippen LogP contribution in [0.4, 0.5) is 0 Å². The van der Waals surface area contributed by atoms with E-state index in [1.165, 1.54) is 0 Å². The molecule has 0 N–H and O–H groups in total. The topological polar surface area (TPSA) is 40.6 Å². The summed E-state index contributed by atoms with van der Waals surface area (Å²) >= 11 is 0. The molecule has 2 aromatic rings. The minimum atomic E-state index is -1.50. The second-order valence-corrected chi connectivity index (χ2v) is 18.2. The fourth-order valence-electron chi connectivity index (χ4n) is 1.62. The molecule has 2 aromatic carbocycles. The fourth-order valence-corrected chi connectivity index (χ4v) is 3.12. The van der Waals surface area contributed by atoms with Crippen molar-refractivity contribution in [3.8, 4) is 0 Å². The molecule has 27 heavy (non-hydrogen) atoms. The zero-order chi connectivity index (χ0) is 20.3. The molecule has 0 amide bonds. The van der Waals surface area contributed by atoms with Gasteiger partial charge in [-0.05, 0) is 0 Å². The van der Waals surface area contributed by atoms with Crippen molar-refractivity contribution < 1.29 is 26.2 Å². The van der Waals surface area contributed by atoms with E-state index >= 15 is 0 Å². The molecule has 0 unspecified atom stereocenters. The Labute approximate surface area is 189 Å². The number of rotatable bonds is 2. The second-order valence-electron chi connectivity index (χ2n) is 9.07. The summed E-state index contributed by atoms with van der Waals surface area (Å²) in [5, 5.41) is 4.63. The van der Waals surface area contributed by atoms with Gasteiger partial charge in [-0.15, -0.1) is 0 Å². The van der Waals surface area contributed by atoms with Gasteiger partial charge in [0.25, 0.3) is 0 Å². The number of guanidine groups is 1. The van der Waals surface area contributed by atoms with Crippen LogP contribution in [0.25, 0.3) is 10.3 Å². The van der Waals surface area contributed by atoms with Crippen LogP contribution >= 0.6 is 0 Å². The SMILES string of the molecule is CC(C)(C)[N-]C(=N[Si](C)(C)C)[N-][Si](C)(C)C.[Zr].[cH-]1[cH-][cH-][cH-][cH-]1.c1cc[cH-]c1. The van der Waals surface area contributed by atoms with Crippen molar-refractivity contribution in [1.29, 1.82) is 0 Å².